The Morgan fingerprint density at radius 1 is 0.600 bits per heavy atom. The van der Waals surface area contributed by atoms with Crippen LogP contribution in [0.2, 0.25) is 0 Å². The van der Waals surface area contributed by atoms with Gasteiger partial charge < -0.3 is 5.11 Å². The molecule has 0 radical (unpaired) electrons. The standard InChI is InChI=1S/C15H14O.C7H6O2/c16-15(11-13-7-3-1-4-8-13)12-14-9-5-2-6-10-14;8-7(9)6-4-2-1-3-5-6/h1-10H,11-12H2;1-5H,(H,8,9). The minimum atomic E-state index is -0.879. The maximum atomic E-state index is 11.8. The van der Waals surface area contributed by atoms with Crippen molar-refractivity contribution in [3.05, 3.63) is 108 Å². The van der Waals surface area contributed by atoms with E-state index < -0.39 is 5.97 Å². The van der Waals surface area contributed by atoms with Crippen LogP contribution in [0.4, 0.5) is 0 Å². The molecule has 1 N–H and O–H groups in total. The quantitative estimate of drug-likeness (QED) is 0.752. The number of carboxylic acids is 1. The molecule has 0 saturated heterocycles. The van der Waals surface area contributed by atoms with Crippen LogP contribution in [0.5, 0.6) is 0 Å². The number of aromatic carboxylic acids is 1. The molecule has 0 aliphatic heterocycles. The minimum absolute atomic E-state index is 0.261. The second-order valence-corrected chi connectivity index (χ2v) is 5.53. The lowest BCUT2D eigenvalue weighted by molar-refractivity contribution is -0.117. The van der Waals surface area contributed by atoms with Crippen LogP contribution in [0, 0.1) is 0 Å². The van der Waals surface area contributed by atoms with E-state index in [9.17, 15) is 9.59 Å². The summed E-state index contributed by atoms with van der Waals surface area (Å²) in [7, 11) is 0. The molecule has 0 aliphatic rings. The zero-order chi connectivity index (χ0) is 17.9. The smallest absolute Gasteiger partial charge is 0.335 e. The second-order valence-electron chi connectivity index (χ2n) is 5.53. The topological polar surface area (TPSA) is 54.4 Å². The number of carboxylic acid groups (broad SMARTS) is 1. The number of hydrogen-bond donors (Lipinski definition) is 1. The van der Waals surface area contributed by atoms with Crippen LogP contribution in [-0.4, -0.2) is 16.9 Å². The Labute approximate surface area is 147 Å². The van der Waals surface area contributed by atoms with Crippen LogP contribution in [0.15, 0.2) is 91.0 Å². The van der Waals surface area contributed by atoms with Gasteiger partial charge in [-0.3, -0.25) is 4.79 Å². The Balaban J connectivity index is 0.000000212. The fraction of sp³-hybridized carbons (Fsp3) is 0.0909. The zero-order valence-electron chi connectivity index (χ0n) is 13.8. The van der Waals surface area contributed by atoms with Gasteiger partial charge in [-0.15, -0.1) is 0 Å². The molecule has 0 fully saturated rings. The summed E-state index contributed by atoms with van der Waals surface area (Å²) in [5.41, 5.74) is 2.50. The summed E-state index contributed by atoms with van der Waals surface area (Å²) >= 11 is 0. The molecule has 25 heavy (non-hydrogen) atoms. The average Bonchev–Trinajstić information content (AvgIpc) is 2.64. The molecule has 0 bridgehead atoms. The van der Waals surface area contributed by atoms with Crippen molar-refractivity contribution in [1.29, 1.82) is 0 Å². The minimum Gasteiger partial charge on any atom is -0.478 e. The molecule has 3 aromatic rings. The molecular formula is C22H20O3. The largest absolute Gasteiger partial charge is 0.478 e. The van der Waals surface area contributed by atoms with Crippen molar-refractivity contribution in [3.8, 4) is 0 Å². The predicted molar refractivity (Wildman–Crippen MR) is 98.7 cm³/mol. The lowest BCUT2D eigenvalue weighted by Gasteiger charge is -2.01. The van der Waals surface area contributed by atoms with Gasteiger partial charge in [-0.25, -0.2) is 4.79 Å². The number of ketones is 1. The van der Waals surface area contributed by atoms with E-state index in [-0.39, 0.29) is 5.78 Å². The summed E-state index contributed by atoms with van der Waals surface area (Å²) < 4.78 is 0. The predicted octanol–water partition coefficient (Wildman–Crippen LogP) is 4.43. The third-order valence-electron chi connectivity index (χ3n) is 3.51. The molecule has 0 aromatic heterocycles. The second kappa shape index (κ2) is 9.83. The Morgan fingerprint density at radius 2 is 0.960 bits per heavy atom. The highest BCUT2D eigenvalue weighted by atomic mass is 16.4. The molecule has 0 heterocycles. The normalized spacial score (nSPS) is 9.60. The Morgan fingerprint density at radius 3 is 1.28 bits per heavy atom. The maximum Gasteiger partial charge on any atom is 0.335 e. The molecule has 0 saturated carbocycles. The van der Waals surface area contributed by atoms with E-state index in [1.165, 1.54) is 0 Å². The van der Waals surface area contributed by atoms with Crippen molar-refractivity contribution in [3.63, 3.8) is 0 Å². The van der Waals surface area contributed by atoms with Gasteiger partial charge in [0.05, 0.1) is 5.56 Å². The molecule has 3 aromatic carbocycles. The first kappa shape index (κ1) is 18.1. The van der Waals surface area contributed by atoms with Gasteiger partial charge in [0.15, 0.2) is 0 Å². The molecule has 0 aliphatic carbocycles. The van der Waals surface area contributed by atoms with Crippen molar-refractivity contribution in [1.82, 2.24) is 0 Å². The maximum absolute atomic E-state index is 11.8. The van der Waals surface area contributed by atoms with Gasteiger partial charge in [-0.2, -0.15) is 0 Å². The first-order valence-corrected chi connectivity index (χ1v) is 8.03. The van der Waals surface area contributed by atoms with Crippen LogP contribution in [-0.2, 0) is 17.6 Å². The van der Waals surface area contributed by atoms with Crippen LogP contribution >= 0.6 is 0 Å². The van der Waals surface area contributed by atoms with Gasteiger partial charge in [-0.1, -0.05) is 78.9 Å². The monoisotopic (exact) mass is 332 g/mol. The lowest BCUT2D eigenvalue weighted by atomic mass is 10.0. The van der Waals surface area contributed by atoms with Crippen LogP contribution in [0.3, 0.4) is 0 Å². The van der Waals surface area contributed by atoms with E-state index in [1.807, 2.05) is 60.7 Å². The molecule has 3 nitrogen and oxygen atoms in total. The Kier molecular flexibility index (Phi) is 7.13. The summed E-state index contributed by atoms with van der Waals surface area (Å²) in [5.74, 6) is -0.618. The molecule has 0 amide bonds. The van der Waals surface area contributed by atoms with Crippen molar-refractivity contribution < 1.29 is 14.7 Å². The fourth-order valence-corrected chi connectivity index (χ4v) is 2.29. The number of benzene rings is 3. The van der Waals surface area contributed by atoms with Gasteiger partial charge in [0.1, 0.15) is 5.78 Å². The third kappa shape index (κ3) is 6.83. The van der Waals surface area contributed by atoms with Gasteiger partial charge in [0.2, 0.25) is 0 Å². The summed E-state index contributed by atoms with van der Waals surface area (Å²) in [6.45, 7) is 0. The summed E-state index contributed by atoms with van der Waals surface area (Å²) in [6.07, 6.45) is 1.05. The number of rotatable bonds is 5. The number of carbonyl (C=O) groups is 2. The number of carbonyl (C=O) groups excluding carboxylic acids is 1. The summed E-state index contributed by atoms with van der Waals surface area (Å²) in [4.78, 5) is 22.0. The van der Waals surface area contributed by atoms with E-state index in [0.717, 1.165) is 11.1 Å². The number of Topliss-reactive ketones (excluding diaryl/α,β-unsaturated/α-hetero) is 1. The highest BCUT2D eigenvalue weighted by molar-refractivity contribution is 5.87. The zero-order valence-corrected chi connectivity index (χ0v) is 13.8. The Bertz CT molecular complexity index is 738. The first-order valence-electron chi connectivity index (χ1n) is 8.03. The molecule has 0 unspecified atom stereocenters. The molecule has 126 valence electrons. The van der Waals surface area contributed by atoms with E-state index >= 15 is 0 Å². The average molecular weight is 332 g/mol. The summed E-state index contributed by atoms with van der Waals surface area (Å²) in [5, 5.41) is 8.38. The molecule has 0 atom stereocenters. The van der Waals surface area contributed by atoms with Crippen LogP contribution in [0.1, 0.15) is 21.5 Å². The van der Waals surface area contributed by atoms with Crippen molar-refractivity contribution in [2.45, 2.75) is 12.8 Å². The van der Waals surface area contributed by atoms with Crippen LogP contribution in [0.25, 0.3) is 0 Å². The van der Waals surface area contributed by atoms with Crippen molar-refractivity contribution in [2.24, 2.45) is 0 Å². The van der Waals surface area contributed by atoms with E-state index in [2.05, 4.69) is 0 Å². The van der Waals surface area contributed by atoms with Gasteiger partial charge in [-0.05, 0) is 23.3 Å². The molecule has 0 spiro atoms. The highest BCUT2D eigenvalue weighted by Gasteiger charge is 2.04. The van der Waals surface area contributed by atoms with E-state index in [0.29, 0.717) is 18.4 Å². The molecule has 3 heteroatoms. The summed E-state index contributed by atoms with van der Waals surface area (Å²) in [6, 6.07) is 28.0. The lowest BCUT2D eigenvalue weighted by Crippen LogP contribution is -2.06. The van der Waals surface area contributed by atoms with Gasteiger partial charge in [0, 0.05) is 12.8 Å². The van der Waals surface area contributed by atoms with Crippen LogP contribution < -0.4 is 0 Å². The van der Waals surface area contributed by atoms with Gasteiger partial charge >= 0.3 is 5.97 Å². The highest BCUT2D eigenvalue weighted by Crippen LogP contribution is 2.05. The van der Waals surface area contributed by atoms with Crippen molar-refractivity contribution in [2.75, 3.05) is 0 Å². The fourth-order valence-electron chi connectivity index (χ4n) is 2.29. The van der Waals surface area contributed by atoms with Crippen molar-refractivity contribution >= 4 is 11.8 Å². The molecule has 3 rings (SSSR count). The molecular weight excluding hydrogens is 312 g/mol. The third-order valence-corrected chi connectivity index (χ3v) is 3.51. The SMILES string of the molecule is O=C(Cc1ccccc1)Cc1ccccc1.O=C(O)c1ccccc1. The Hall–Kier alpha value is -3.20. The van der Waals surface area contributed by atoms with Gasteiger partial charge in [0.25, 0.3) is 0 Å². The first-order chi connectivity index (χ1) is 12.1. The number of hydrogen-bond acceptors (Lipinski definition) is 2. The van der Waals surface area contributed by atoms with E-state index in [1.54, 1.807) is 30.3 Å². The van der Waals surface area contributed by atoms with E-state index in [4.69, 9.17) is 5.11 Å².